The molecule has 0 radical (unpaired) electrons. The average molecular weight is 140 g/mol. The lowest BCUT2D eigenvalue weighted by atomic mass is 10.5. The van der Waals surface area contributed by atoms with Crippen LogP contribution in [0.2, 0.25) is 0 Å². The van der Waals surface area contributed by atoms with Gasteiger partial charge in [-0.05, 0) is 0 Å². The summed E-state index contributed by atoms with van der Waals surface area (Å²) in [6, 6.07) is 0. The molecule has 0 spiro atoms. The van der Waals surface area contributed by atoms with E-state index < -0.39 is 0 Å². The zero-order chi connectivity index (χ0) is 7.56. The summed E-state index contributed by atoms with van der Waals surface area (Å²) in [5.41, 5.74) is 5.40. The normalized spacial score (nSPS) is 10.3. The average Bonchev–Trinajstić information content (AvgIpc) is 2.30. The summed E-state index contributed by atoms with van der Waals surface area (Å²) in [5.74, 6) is 1.71. The second kappa shape index (κ2) is 2.79. The maximum absolute atomic E-state index is 5.40. The molecule has 0 saturated heterocycles. The fourth-order valence-corrected chi connectivity index (χ4v) is 0.802. The number of hydrogen-bond donors (Lipinski definition) is 1. The van der Waals surface area contributed by atoms with Crippen molar-refractivity contribution >= 4 is 0 Å². The van der Waals surface area contributed by atoms with Crippen LogP contribution < -0.4 is 5.73 Å². The number of nitrogens with zero attached hydrogens (tertiary/aromatic N) is 3. The molecule has 10 heavy (non-hydrogen) atoms. The van der Waals surface area contributed by atoms with Crippen LogP contribution in [0.3, 0.4) is 0 Å². The summed E-state index contributed by atoms with van der Waals surface area (Å²) in [6.07, 6.45) is 0.869. The maximum Gasteiger partial charge on any atom is 0.150 e. The Morgan fingerprint density at radius 3 is 2.60 bits per heavy atom. The lowest BCUT2D eigenvalue weighted by Crippen LogP contribution is -2.05. The molecule has 0 unspecified atom stereocenters. The van der Waals surface area contributed by atoms with Crippen LogP contribution in [0.5, 0.6) is 0 Å². The van der Waals surface area contributed by atoms with E-state index in [1.807, 2.05) is 14.0 Å². The monoisotopic (exact) mass is 140 g/mol. The van der Waals surface area contributed by atoms with Crippen molar-refractivity contribution in [3.8, 4) is 0 Å². The quantitative estimate of drug-likeness (QED) is 0.620. The van der Waals surface area contributed by atoms with Crippen molar-refractivity contribution in [3.05, 3.63) is 11.6 Å². The predicted molar refractivity (Wildman–Crippen MR) is 38.3 cm³/mol. The van der Waals surface area contributed by atoms with Gasteiger partial charge in [0.2, 0.25) is 0 Å². The predicted octanol–water partition coefficient (Wildman–Crippen LogP) is -0.164. The Labute approximate surface area is 60.1 Å². The van der Waals surface area contributed by atoms with Crippen LogP contribution in [0, 0.1) is 0 Å². The van der Waals surface area contributed by atoms with Crippen LogP contribution in [-0.4, -0.2) is 14.8 Å². The first-order valence-corrected chi connectivity index (χ1v) is 3.36. The third-order valence-electron chi connectivity index (χ3n) is 1.40. The van der Waals surface area contributed by atoms with Crippen molar-refractivity contribution in [2.24, 2.45) is 12.8 Å². The Morgan fingerprint density at radius 1 is 1.60 bits per heavy atom. The largest absolute Gasteiger partial charge is 0.324 e. The second-order valence-corrected chi connectivity index (χ2v) is 2.13. The minimum Gasteiger partial charge on any atom is -0.324 e. The molecule has 0 aromatic carbocycles. The van der Waals surface area contributed by atoms with Crippen LogP contribution in [0.1, 0.15) is 18.6 Å². The van der Waals surface area contributed by atoms with Gasteiger partial charge in [0.1, 0.15) is 5.82 Å². The molecule has 0 aliphatic rings. The van der Waals surface area contributed by atoms with E-state index in [4.69, 9.17) is 5.73 Å². The first-order chi connectivity index (χ1) is 4.77. The summed E-state index contributed by atoms with van der Waals surface area (Å²) < 4.78 is 1.72. The molecule has 56 valence electrons. The van der Waals surface area contributed by atoms with Gasteiger partial charge in [0.05, 0.1) is 6.54 Å². The standard InChI is InChI=1S/C6H12N4/c1-3-5-8-6(4-7)10(2)9-5/h3-4,7H2,1-2H3. The molecule has 0 amide bonds. The van der Waals surface area contributed by atoms with Gasteiger partial charge in [-0.25, -0.2) is 4.98 Å². The molecule has 1 heterocycles. The smallest absolute Gasteiger partial charge is 0.150 e. The summed E-state index contributed by atoms with van der Waals surface area (Å²) in [7, 11) is 1.86. The third-order valence-corrected chi connectivity index (χ3v) is 1.40. The molecular formula is C6H12N4. The molecule has 0 fully saturated rings. The minimum atomic E-state index is 0.462. The van der Waals surface area contributed by atoms with E-state index in [-0.39, 0.29) is 0 Å². The van der Waals surface area contributed by atoms with Gasteiger partial charge in [-0.2, -0.15) is 5.10 Å². The highest BCUT2D eigenvalue weighted by atomic mass is 15.3. The lowest BCUT2D eigenvalue weighted by Gasteiger charge is -1.90. The van der Waals surface area contributed by atoms with Crippen molar-refractivity contribution in [2.75, 3.05) is 0 Å². The highest BCUT2D eigenvalue weighted by Gasteiger charge is 2.01. The molecule has 2 N–H and O–H groups in total. The Kier molecular flexibility index (Phi) is 2.01. The first kappa shape index (κ1) is 7.21. The third kappa shape index (κ3) is 1.16. The molecule has 1 aromatic heterocycles. The van der Waals surface area contributed by atoms with Gasteiger partial charge in [-0.15, -0.1) is 0 Å². The molecule has 4 nitrogen and oxygen atoms in total. The number of aromatic nitrogens is 3. The zero-order valence-electron chi connectivity index (χ0n) is 6.33. The molecule has 1 rings (SSSR count). The number of aryl methyl sites for hydroxylation is 2. The molecule has 1 aromatic rings. The van der Waals surface area contributed by atoms with Gasteiger partial charge in [0.15, 0.2) is 5.82 Å². The van der Waals surface area contributed by atoms with Crippen molar-refractivity contribution in [3.63, 3.8) is 0 Å². The van der Waals surface area contributed by atoms with Gasteiger partial charge in [-0.3, -0.25) is 4.68 Å². The van der Waals surface area contributed by atoms with E-state index in [2.05, 4.69) is 10.1 Å². The Balaban J connectivity index is 2.92. The summed E-state index contributed by atoms with van der Waals surface area (Å²) in [4.78, 5) is 4.17. The van der Waals surface area contributed by atoms with Crippen molar-refractivity contribution in [2.45, 2.75) is 19.9 Å². The molecule has 0 bridgehead atoms. The molecule has 0 saturated carbocycles. The number of rotatable bonds is 2. The van der Waals surface area contributed by atoms with Gasteiger partial charge < -0.3 is 5.73 Å². The van der Waals surface area contributed by atoms with E-state index in [0.29, 0.717) is 6.54 Å². The minimum absolute atomic E-state index is 0.462. The Hall–Kier alpha value is -0.900. The van der Waals surface area contributed by atoms with Crippen LogP contribution in [0.4, 0.5) is 0 Å². The first-order valence-electron chi connectivity index (χ1n) is 3.36. The van der Waals surface area contributed by atoms with Crippen molar-refractivity contribution in [1.82, 2.24) is 14.8 Å². The number of nitrogens with two attached hydrogens (primary N) is 1. The van der Waals surface area contributed by atoms with E-state index in [1.54, 1.807) is 4.68 Å². The highest BCUT2D eigenvalue weighted by molar-refractivity contribution is 4.90. The Morgan fingerprint density at radius 2 is 2.30 bits per heavy atom. The summed E-state index contributed by atoms with van der Waals surface area (Å²) in [6.45, 7) is 2.49. The van der Waals surface area contributed by atoms with E-state index in [0.717, 1.165) is 18.1 Å². The summed E-state index contributed by atoms with van der Waals surface area (Å²) in [5, 5.41) is 4.13. The van der Waals surface area contributed by atoms with Gasteiger partial charge in [0, 0.05) is 13.5 Å². The Bertz CT molecular complexity index is 216. The highest BCUT2D eigenvalue weighted by Crippen LogP contribution is 1.94. The van der Waals surface area contributed by atoms with Crippen LogP contribution in [-0.2, 0) is 20.0 Å². The molecule has 0 atom stereocenters. The topological polar surface area (TPSA) is 56.7 Å². The fourth-order valence-electron chi connectivity index (χ4n) is 0.802. The summed E-state index contributed by atoms with van der Waals surface area (Å²) >= 11 is 0. The molecular weight excluding hydrogens is 128 g/mol. The van der Waals surface area contributed by atoms with Gasteiger partial charge in [0.25, 0.3) is 0 Å². The molecule has 0 aliphatic heterocycles. The van der Waals surface area contributed by atoms with Gasteiger partial charge >= 0.3 is 0 Å². The lowest BCUT2D eigenvalue weighted by molar-refractivity contribution is 0.695. The van der Waals surface area contributed by atoms with E-state index in [9.17, 15) is 0 Å². The fraction of sp³-hybridized carbons (Fsp3) is 0.667. The van der Waals surface area contributed by atoms with Crippen LogP contribution in [0.15, 0.2) is 0 Å². The number of hydrogen-bond acceptors (Lipinski definition) is 3. The molecule has 0 aliphatic carbocycles. The van der Waals surface area contributed by atoms with E-state index >= 15 is 0 Å². The SMILES string of the molecule is CCc1nc(CN)n(C)n1. The second-order valence-electron chi connectivity index (χ2n) is 2.13. The van der Waals surface area contributed by atoms with Gasteiger partial charge in [-0.1, -0.05) is 6.92 Å². The van der Waals surface area contributed by atoms with Crippen LogP contribution in [0.25, 0.3) is 0 Å². The maximum atomic E-state index is 5.40. The zero-order valence-corrected chi connectivity index (χ0v) is 6.33. The van der Waals surface area contributed by atoms with Crippen LogP contribution >= 0.6 is 0 Å². The van der Waals surface area contributed by atoms with Crippen molar-refractivity contribution in [1.29, 1.82) is 0 Å². The molecule has 4 heteroatoms. The van der Waals surface area contributed by atoms with Crippen molar-refractivity contribution < 1.29 is 0 Å². The van der Waals surface area contributed by atoms with E-state index in [1.165, 1.54) is 0 Å².